The van der Waals surface area contributed by atoms with Gasteiger partial charge >= 0.3 is 5.97 Å². The molecule has 0 bridgehead atoms. The molecule has 4 heteroatoms. The van der Waals surface area contributed by atoms with Gasteiger partial charge in [-0.15, -0.1) is 0 Å². The van der Waals surface area contributed by atoms with Crippen LogP contribution in [0.5, 0.6) is 5.75 Å². The van der Waals surface area contributed by atoms with Gasteiger partial charge in [0.15, 0.2) is 5.78 Å². The largest absolute Gasteiger partial charge is 0.497 e. The molecule has 0 aromatic heterocycles. The second-order valence-electron chi connectivity index (χ2n) is 4.71. The maximum Gasteiger partial charge on any atom is 0.336 e. The van der Waals surface area contributed by atoms with Crippen LogP contribution in [0.15, 0.2) is 48.5 Å². The van der Waals surface area contributed by atoms with Gasteiger partial charge in [-0.25, -0.2) is 4.79 Å². The minimum atomic E-state index is -1.10. The van der Waals surface area contributed by atoms with E-state index >= 15 is 0 Å². The number of carbonyl (C=O) groups excluding carboxylic acids is 1. The first kappa shape index (κ1) is 14.8. The second kappa shape index (κ2) is 6.22. The summed E-state index contributed by atoms with van der Waals surface area (Å²) in [6.45, 7) is 1.77. The summed E-state index contributed by atoms with van der Waals surface area (Å²) >= 11 is 0. The number of Topliss-reactive ketones (excluding diaryl/α,β-unsaturated/α-hetero) is 1. The van der Waals surface area contributed by atoms with Crippen LogP contribution in [0, 0.1) is 0 Å². The Morgan fingerprint density at radius 2 is 1.57 bits per heavy atom. The topological polar surface area (TPSA) is 63.6 Å². The van der Waals surface area contributed by atoms with E-state index in [-0.39, 0.29) is 16.9 Å². The SMILES string of the molecule is COc1ccc(C(C)C(=O)c2ccccc2C(=O)O)cc1. The number of benzene rings is 2. The number of methoxy groups -OCH3 is 1. The zero-order valence-electron chi connectivity index (χ0n) is 11.9. The predicted octanol–water partition coefficient (Wildman–Crippen LogP) is 3.38. The van der Waals surface area contributed by atoms with Crippen LogP contribution in [-0.2, 0) is 0 Å². The van der Waals surface area contributed by atoms with Crippen LogP contribution in [0.3, 0.4) is 0 Å². The van der Waals surface area contributed by atoms with Gasteiger partial charge in [0, 0.05) is 11.5 Å². The molecule has 4 nitrogen and oxygen atoms in total. The van der Waals surface area contributed by atoms with Crippen molar-refractivity contribution in [2.24, 2.45) is 0 Å². The lowest BCUT2D eigenvalue weighted by Gasteiger charge is -2.13. The Morgan fingerprint density at radius 3 is 2.10 bits per heavy atom. The lowest BCUT2D eigenvalue weighted by atomic mass is 9.90. The molecule has 0 aliphatic rings. The maximum atomic E-state index is 12.5. The molecule has 0 aliphatic carbocycles. The number of ether oxygens (including phenoxy) is 1. The summed E-state index contributed by atoms with van der Waals surface area (Å²) < 4.78 is 5.08. The van der Waals surface area contributed by atoms with Gasteiger partial charge in [0.1, 0.15) is 5.75 Å². The average Bonchev–Trinajstić information content (AvgIpc) is 2.53. The molecular weight excluding hydrogens is 268 g/mol. The van der Waals surface area contributed by atoms with Gasteiger partial charge in [0.05, 0.1) is 12.7 Å². The van der Waals surface area contributed by atoms with E-state index in [9.17, 15) is 9.59 Å². The molecule has 21 heavy (non-hydrogen) atoms. The summed E-state index contributed by atoms with van der Waals surface area (Å²) in [6, 6.07) is 13.4. The van der Waals surface area contributed by atoms with Crippen molar-refractivity contribution in [3.05, 3.63) is 65.2 Å². The molecular formula is C17H16O4. The number of hydrogen-bond donors (Lipinski definition) is 1. The van der Waals surface area contributed by atoms with E-state index in [1.807, 2.05) is 12.1 Å². The molecule has 0 fully saturated rings. The first-order valence-electron chi connectivity index (χ1n) is 6.55. The molecule has 2 aromatic carbocycles. The Labute approximate surface area is 123 Å². The molecule has 1 N–H and O–H groups in total. The quantitative estimate of drug-likeness (QED) is 0.855. The van der Waals surface area contributed by atoms with Crippen molar-refractivity contribution < 1.29 is 19.4 Å². The minimum absolute atomic E-state index is 0.0304. The monoisotopic (exact) mass is 284 g/mol. The minimum Gasteiger partial charge on any atom is -0.497 e. The molecule has 0 saturated heterocycles. The normalized spacial score (nSPS) is 11.7. The number of carboxylic acids is 1. The van der Waals surface area contributed by atoms with E-state index in [0.717, 1.165) is 5.56 Å². The van der Waals surface area contributed by atoms with E-state index in [1.54, 1.807) is 44.4 Å². The molecule has 1 unspecified atom stereocenters. The highest BCUT2D eigenvalue weighted by Crippen LogP contribution is 2.24. The van der Waals surface area contributed by atoms with Crippen LogP contribution in [-0.4, -0.2) is 24.0 Å². The van der Waals surface area contributed by atoms with Gasteiger partial charge < -0.3 is 9.84 Å². The lowest BCUT2D eigenvalue weighted by Crippen LogP contribution is -2.14. The number of carboxylic acid groups (broad SMARTS) is 1. The fraction of sp³-hybridized carbons (Fsp3) is 0.176. The molecule has 0 saturated carbocycles. The van der Waals surface area contributed by atoms with E-state index < -0.39 is 11.9 Å². The fourth-order valence-electron chi connectivity index (χ4n) is 2.16. The van der Waals surface area contributed by atoms with Crippen LogP contribution < -0.4 is 4.74 Å². The Kier molecular flexibility index (Phi) is 4.38. The Hall–Kier alpha value is -2.62. The van der Waals surface area contributed by atoms with Gasteiger partial charge in [0.2, 0.25) is 0 Å². The van der Waals surface area contributed by atoms with Crippen molar-refractivity contribution in [2.75, 3.05) is 7.11 Å². The average molecular weight is 284 g/mol. The zero-order valence-corrected chi connectivity index (χ0v) is 11.9. The van der Waals surface area contributed by atoms with Crippen molar-refractivity contribution in [1.29, 1.82) is 0 Å². The van der Waals surface area contributed by atoms with Gasteiger partial charge in [-0.1, -0.05) is 37.3 Å². The predicted molar refractivity (Wildman–Crippen MR) is 79.1 cm³/mol. The second-order valence-corrected chi connectivity index (χ2v) is 4.71. The molecule has 0 spiro atoms. The molecule has 1 atom stereocenters. The summed E-state index contributed by atoms with van der Waals surface area (Å²) in [7, 11) is 1.58. The van der Waals surface area contributed by atoms with Gasteiger partial charge in [-0.2, -0.15) is 0 Å². The van der Waals surface area contributed by atoms with Crippen LogP contribution in [0.2, 0.25) is 0 Å². The molecule has 0 heterocycles. The van der Waals surface area contributed by atoms with Crippen LogP contribution >= 0.6 is 0 Å². The third-order valence-electron chi connectivity index (χ3n) is 3.43. The summed E-state index contributed by atoms with van der Waals surface area (Å²) in [5.41, 5.74) is 1.08. The van der Waals surface area contributed by atoms with Crippen LogP contribution in [0.25, 0.3) is 0 Å². The number of ketones is 1. The van der Waals surface area contributed by atoms with E-state index in [1.165, 1.54) is 6.07 Å². The van der Waals surface area contributed by atoms with Crippen molar-refractivity contribution in [3.8, 4) is 5.75 Å². The highest BCUT2D eigenvalue weighted by molar-refractivity contribution is 6.08. The summed E-state index contributed by atoms with van der Waals surface area (Å²) in [4.78, 5) is 23.7. The molecule has 0 aliphatic heterocycles. The molecule has 0 amide bonds. The molecule has 0 radical (unpaired) electrons. The smallest absolute Gasteiger partial charge is 0.336 e. The molecule has 2 rings (SSSR count). The number of carbonyl (C=O) groups is 2. The van der Waals surface area contributed by atoms with Gasteiger partial charge in [0.25, 0.3) is 0 Å². The van der Waals surface area contributed by atoms with E-state index in [2.05, 4.69) is 0 Å². The first-order valence-corrected chi connectivity index (χ1v) is 6.55. The maximum absolute atomic E-state index is 12.5. The zero-order chi connectivity index (χ0) is 15.4. The first-order chi connectivity index (χ1) is 10.0. The number of rotatable bonds is 5. The Morgan fingerprint density at radius 1 is 1.00 bits per heavy atom. The molecule has 2 aromatic rings. The van der Waals surface area contributed by atoms with E-state index in [0.29, 0.717) is 5.75 Å². The third-order valence-corrected chi connectivity index (χ3v) is 3.43. The number of hydrogen-bond acceptors (Lipinski definition) is 3. The van der Waals surface area contributed by atoms with E-state index in [4.69, 9.17) is 9.84 Å². The fourth-order valence-corrected chi connectivity index (χ4v) is 2.16. The van der Waals surface area contributed by atoms with Gasteiger partial charge in [-0.3, -0.25) is 4.79 Å². The van der Waals surface area contributed by atoms with Crippen molar-refractivity contribution in [1.82, 2.24) is 0 Å². The lowest BCUT2D eigenvalue weighted by molar-refractivity contribution is 0.0691. The van der Waals surface area contributed by atoms with Crippen LogP contribution in [0.4, 0.5) is 0 Å². The summed E-state index contributed by atoms with van der Waals surface area (Å²) in [5, 5.41) is 9.17. The Balaban J connectivity index is 2.32. The Bertz CT molecular complexity index is 659. The van der Waals surface area contributed by atoms with Crippen molar-refractivity contribution in [3.63, 3.8) is 0 Å². The van der Waals surface area contributed by atoms with Crippen molar-refractivity contribution >= 4 is 11.8 Å². The highest BCUT2D eigenvalue weighted by atomic mass is 16.5. The van der Waals surface area contributed by atoms with Crippen molar-refractivity contribution in [2.45, 2.75) is 12.8 Å². The summed E-state index contributed by atoms with van der Waals surface area (Å²) in [5.74, 6) is -1.01. The standard InChI is InChI=1S/C17H16O4/c1-11(12-7-9-13(21-2)10-8-12)16(18)14-5-3-4-6-15(14)17(19)20/h3-11H,1-2H3,(H,19,20). The van der Waals surface area contributed by atoms with Gasteiger partial charge in [-0.05, 0) is 23.8 Å². The highest BCUT2D eigenvalue weighted by Gasteiger charge is 2.22. The third kappa shape index (κ3) is 3.11. The van der Waals surface area contributed by atoms with Crippen LogP contribution in [0.1, 0.15) is 39.1 Å². The molecule has 108 valence electrons. The summed E-state index contributed by atoms with van der Waals surface area (Å²) in [6.07, 6.45) is 0. The number of aromatic carboxylic acids is 1.